The topological polar surface area (TPSA) is 63.1 Å². The van der Waals surface area contributed by atoms with Crippen molar-refractivity contribution >= 4 is 5.97 Å². The fourth-order valence-corrected chi connectivity index (χ4v) is 1.33. The second-order valence-electron chi connectivity index (χ2n) is 3.16. The third-order valence-electron chi connectivity index (χ3n) is 2.04. The van der Waals surface area contributed by atoms with Crippen LogP contribution in [0.5, 0.6) is 0 Å². The Morgan fingerprint density at radius 3 is 2.44 bits per heavy atom. The summed E-state index contributed by atoms with van der Waals surface area (Å²) < 4.78 is 13.2. The molecule has 0 aliphatic rings. The lowest BCUT2D eigenvalue weighted by molar-refractivity contribution is 0.0696. The molecule has 0 aliphatic carbocycles. The van der Waals surface area contributed by atoms with Gasteiger partial charge in [0.15, 0.2) is 0 Å². The van der Waals surface area contributed by atoms with Gasteiger partial charge in [-0.15, -0.1) is 0 Å². The molecule has 0 radical (unpaired) electrons. The van der Waals surface area contributed by atoms with Crippen LogP contribution in [0.3, 0.4) is 0 Å². The van der Waals surface area contributed by atoms with Crippen molar-refractivity contribution in [3.05, 3.63) is 48.3 Å². The first-order valence-corrected chi connectivity index (χ1v) is 4.46. The average molecular weight is 218 g/mol. The van der Waals surface area contributed by atoms with Gasteiger partial charge in [0.1, 0.15) is 12.1 Å². The Balaban J connectivity index is 2.54. The van der Waals surface area contributed by atoms with Crippen LogP contribution in [-0.2, 0) is 0 Å². The van der Waals surface area contributed by atoms with Gasteiger partial charge in [0.05, 0.1) is 5.56 Å². The van der Waals surface area contributed by atoms with Gasteiger partial charge in [0.25, 0.3) is 0 Å². The summed E-state index contributed by atoms with van der Waals surface area (Å²) in [6, 6.07) is 3.59. The molecule has 5 heteroatoms. The molecule has 0 amide bonds. The fourth-order valence-electron chi connectivity index (χ4n) is 1.33. The highest BCUT2D eigenvalue weighted by molar-refractivity contribution is 5.89. The first kappa shape index (κ1) is 10.2. The van der Waals surface area contributed by atoms with E-state index >= 15 is 0 Å². The minimum Gasteiger partial charge on any atom is -0.478 e. The van der Waals surface area contributed by atoms with Crippen molar-refractivity contribution in [3.63, 3.8) is 0 Å². The third kappa shape index (κ3) is 2.03. The van der Waals surface area contributed by atoms with Gasteiger partial charge < -0.3 is 5.11 Å². The normalized spacial score (nSPS) is 10.1. The number of benzene rings is 1. The van der Waals surface area contributed by atoms with Crippen LogP contribution in [0.1, 0.15) is 10.4 Å². The maximum absolute atomic E-state index is 13.2. The van der Waals surface area contributed by atoms with E-state index in [-0.39, 0.29) is 5.56 Å². The Morgan fingerprint density at radius 1 is 1.12 bits per heavy atom. The average Bonchev–Trinajstić information content (AvgIpc) is 2.29. The van der Waals surface area contributed by atoms with Gasteiger partial charge in [-0.25, -0.2) is 19.2 Å². The van der Waals surface area contributed by atoms with E-state index in [1.165, 1.54) is 30.9 Å². The number of aromatic nitrogens is 2. The van der Waals surface area contributed by atoms with Gasteiger partial charge in [0.2, 0.25) is 0 Å². The molecule has 0 fully saturated rings. The molecule has 0 saturated heterocycles. The monoisotopic (exact) mass is 218 g/mol. The molecule has 4 nitrogen and oxygen atoms in total. The van der Waals surface area contributed by atoms with Crippen LogP contribution in [0, 0.1) is 5.82 Å². The standard InChI is InChI=1S/C11H7FN2O2/c12-10-2-7(1-8(3-10)11(15)16)9-4-13-6-14-5-9/h1-6H,(H,15,16). The molecule has 0 unspecified atom stereocenters. The molecule has 16 heavy (non-hydrogen) atoms. The SMILES string of the molecule is O=C(O)c1cc(F)cc(-c2cncnc2)c1. The zero-order chi connectivity index (χ0) is 11.5. The van der Waals surface area contributed by atoms with E-state index in [1.807, 2.05) is 0 Å². The molecule has 0 atom stereocenters. The summed E-state index contributed by atoms with van der Waals surface area (Å²) in [7, 11) is 0. The highest BCUT2D eigenvalue weighted by Gasteiger charge is 2.08. The Morgan fingerprint density at radius 2 is 1.81 bits per heavy atom. The van der Waals surface area contributed by atoms with Crippen LogP contribution in [0.15, 0.2) is 36.9 Å². The molecular weight excluding hydrogens is 211 g/mol. The molecule has 80 valence electrons. The zero-order valence-electron chi connectivity index (χ0n) is 8.09. The zero-order valence-corrected chi connectivity index (χ0v) is 8.09. The lowest BCUT2D eigenvalue weighted by Gasteiger charge is -2.02. The van der Waals surface area contributed by atoms with E-state index in [1.54, 1.807) is 0 Å². The molecule has 0 spiro atoms. The van der Waals surface area contributed by atoms with Crippen molar-refractivity contribution in [2.45, 2.75) is 0 Å². The van der Waals surface area contributed by atoms with Crippen molar-refractivity contribution < 1.29 is 14.3 Å². The van der Waals surface area contributed by atoms with Gasteiger partial charge in [-0.1, -0.05) is 0 Å². The van der Waals surface area contributed by atoms with E-state index in [9.17, 15) is 9.18 Å². The molecule has 0 bridgehead atoms. The summed E-state index contributed by atoms with van der Waals surface area (Å²) in [5.41, 5.74) is 0.918. The number of aromatic carboxylic acids is 1. The lowest BCUT2D eigenvalue weighted by Crippen LogP contribution is -1.97. The summed E-state index contributed by atoms with van der Waals surface area (Å²) >= 11 is 0. The molecule has 0 saturated carbocycles. The molecule has 1 heterocycles. The predicted octanol–water partition coefficient (Wildman–Crippen LogP) is 1.98. The molecular formula is C11H7FN2O2. The van der Waals surface area contributed by atoms with Crippen molar-refractivity contribution in [3.8, 4) is 11.1 Å². The summed E-state index contributed by atoms with van der Waals surface area (Å²) in [5.74, 6) is -1.77. The fraction of sp³-hybridized carbons (Fsp3) is 0. The second kappa shape index (κ2) is 4.06. The maximum Gasteiger partial charge on any atom is 0.335 e. The van der Waals surface area contributed by atoms with Crippen LogP contribution in [0.25, 0.3) is 11.1 Å². The van der Waals surface area contributed by atoms with Crippen LogP contribution in [0.4, 0.5) is 4.39 Å². The number of carboxylic acids is 1. The molecule has 2 rings (SSSR count). The molecule has 1 aromatic heterocycles. The van der Waals surface area contributed by atoms with E-state index in [2.05, 4.69) is 9.97 Å². The number of hydrogen-bond donors (Lipinski definition) is 1. The lowest BCUT2D eigenvalue weighted by atomic mass is 10.1. The van der Waals surface area contributed by atoms with Crippen LogP contribution in [-0.4, -0.2) is 21.0 Å². The first-order chi connectivity index (χ1) is 7.66. The quantitative estimate of drug-likeness (QED) is 0.837. The number of rotatable bonds is 2. The molecule has 0 aliphatic heterocycles. The van der Waals surface area contributed by atoms with Crippen molar-refractivity contribution in [2.24, 2.45) is 0 Å². The Hall–Kier alpha value is -2.30. The summed E-state index contributed by atoms with van der Waals surface area (Å²) in [4.78, 5) is 18.3. The van der Waals surface area contributed by atoms with Gasteiger partial charge in [-0.3, -0.25) is 0 Å². The van der Waals surface area contributed by atoms with E-state index in [4.69, 9.17) is 5.11 Å². The third-order valence-corrected chi connectivity index (χ3v) is 2.04. The summed E-state index contributed by atoms with van der Waals surface area (Å²) in [5, 5.41) is 8.78. The number of hydrogen-bond acceptors (Lipinski definition) is 3. The van der Waals surface area contributed by atoms with Gasteiger partial charge in [-0.05, 0) is 23.8 Å². The number of halogens is 1. The number of carboxylic acid groups (broad SMARTS) is 1. The highest BCUT2D eigenvalue weighted by atomic mass is 19.1. The highest BCUT2D eigenvalue weighted by Crippen LogP contribution is 2.20. The molecule has 1 N–H and O–H groups in total. The minimum atomic E-state index is -1.17. The largest absolute Gasteiger partial charge is 0.478 e. The number of nitrogens with zero attached hydrogens (tertiary/aromatic N) is 2. The van der Waals surface area contributed by atoms with Crippen molar-refractivity contribution in [1.29, 1.82) is 0 Å². The Bertz CT molecular complexity index is 529. The van der Waals surface area contributed by atoms with Crippen LogP contribution < -0.4 is 0 Å². The Kier molecular flexibility index (Phi) is 2.59. The van der Waals surface area contributed by atoms with Crippen molar-refractivity contribution in [2.75, 3.05) is 0 Å². The van der Waals surface area contributed by atoms with Crippen molar-refractivity contribution in [1.82, 2.24) is 9.97 Å². The van der Waals surface area contributed by atoms with Crippen LogP contribution in [0.2, 0.25) is 0 Å². The smallest absolute Gasteiger partial charge is 0.335 e. The number of carbonyl (C=O) groups is 1. The van der Waals surface area contributed by atoms with Gasteiger partial charge >= 0.3 is 5.97 Å². The van der Waals surface area contributed by atoms with Gasteiger partial charge in [-0.2, -0.15) is 0 Å². The first-order valence-electron chi connectivity index (χ1n) is 4.46. The van der Waals surface area contributed by atoms with Gasteiger partial charge in [0, 0.05) is 18.0 Å². The van der Waals surface area contributed by atoms with E-state index < -0.39 is 11.8 Å². The molecule has 2 aromatic rings. The minimum absolute atomic E-state index is 0.0983. The summed E-state index contributed by atoms with van der Waals surface area (Å²) in [6.07, 6.45) is 4.34. The second-order valence-corrected chi connectivity index (χ2v) is 3.16. The molecule has 1 aromatic carbocycles. The Labute approximate surface area is 90.4 Å². The predicted molar refractivity (Wildman–Crippen MR) is 54.4 cm³/mol. The maximum atomic E-state index is 13.2. The summed E-state index contributed by atoms with van der Waals surface area (Å²) in [6.45, 7) is 0. The van der Waals surface area contributed by atoms with Crippen LogP contribution >= 0.6 is 0 Å². The van der Waals surface area contributed by atoms with E-state index in [0.29, 0.717) is 11.1 Å². The van der Waals surface area contributed by atoms with E-state index in [0.717, 1.165) is 6.07 Å².